The highest BCUT2D eigenvalue weighted by Crippen LogP contribution is 2.16. The molecule has 0 unspecified atom stereocenters. The number of carbonyl (C=O) groups is 1. The van der Waals surface area contributed by atoms with Crippen LogP contribution in [0.1, 0.15) is 28.4 Å². The minimum atomic E-state index is -0.195. The Morgan fingerprint density at radius 1 is 1.33 bits per heavy atom. The second-order valence-corrected chi connectivity index (χ2v) is 4.43. The van der Waals surface area contributed by atoms with Crippen LogP contribution in [0, 0.1) is 11.8 Å². The Morgan fingerprint density at radius 2 is 2.14 bits per heavy atom. The molecule has 1 aromatic carbocycles. The molecule has 0 radical (unpaired) electrons. The monoisotopic (exact) mass is 279 g/mol. The zero-order chi connectivity index (χ0) is 15.1. The van der Waals surface area contributed by atoms with E-state index in [0.717, 1.165) is 17.7 Å². The van der Waals surface area contributed by atoms with Gasteiger partial charge in [0.15, 0.2) is 0 Å². The predicted molar refractivity (Wildman–Crippen MR) is 83.9 cm³/mol. The summed E-state index contributed by atoms with van der Waals surface area (Å²) in [5.41, 5.74) is 8.41. The maximum absolute atomic E-state index is 12.3. The average Bonchev–Trinajstić information content (AvgIpc) is 2.53. The molecule has 0 bridgehead atoms. The lowest BCUT2D eigenvalue weighted by Crippen LogP contribution is -2.13. The molecule has 0 fully saturated rings. The number of aromatic nitrogens is 1. The molecule has 1 amide bonds. The van der Waals surface area contributed by atoms with Gasteiger partial charge in [-0.3, -0.25) is 9.78 Å². The van der Waals surface area contributed by atoms with Crippen molar-refractivity contribution in [3.63, 3.8) is 0 Å². The van der Waals surface area contributed by atoms with E-state index in [4.69, 9.17) is 5.73 Å². The number of nitrogens with one attached hydrogen (secondary N) is 1. The second-order valence-electron chi connectivity index (χ2n) is 4.43. The van der Waals surface area contributed by atoms with Crippen molar-refractivity contribution in [3.8, 4) is 11.8 Å². The van der Waals surface area contributed by atoms with Crippen molar-refractivity contribution in [2.75, 3.05) is 11.9 Å². The number of benzene rings is 1. The van der Waals surface area contributed by atoms with Crippen LogP contribution in [0.5, 0.6) is 0 Å². The van der Waals surface area contributed by atoms with Gasteiger partial charge in [-0.15, -0.1) is 0 Å². The summed E-state index contributed by atoms with van der Waals surface area (Å²) in [7, 11) is 0. The fourth-order valence-electron chi connectivity index (χ4n) is 1.93. The molecule has 0 aliphatic heterocycles. The Hall–Kier alpha value is -2.64. The first-order valence-electron chi connectivity index (χ1n) is 6.78. The molecule has 0 saturated heterocycles. The summed E-state index contributed by atoms with van der Waals surface area (Å²) in [5, 5.41) is 2.91. The molecular weight excluding hydrogens is 262 g/mol. The van der Waals surface area contributed by atoms with Crippen molar-refractivity contribution in [1.29, 1.82) is 0 Å². The number of nitrogens with zero attached hydrogens (tertiary/aromatic N) is 1. The molecule has 3 N–H and O–H groups in total. The first kappa shape index (κ1) is 14.8. The van der Waals surface area contributed by atoms with Gasteiger partial charge < -0.3 is 11.1 Å². The maximum atomic E-state index is 12.3. The number of rotatable bonds is 3. The molecule has 4 nitrogen and oxygen atoms in total. The molecule has 2 aromatic rings. The van der Waals surface area contributed by atoms with Crippen molar-refractivity contribution in [3.05, 3.63) is 59.4 Å². The van der Waals surface area contributed by atoms with Crippen LogP contribution in [-0.2, 0) is 6.42 Å². The smallest absolute Gasteiger partial charge is 0.257 e. The summed E-state index contributed by atoms with van der Waals surface area (Å²) in [4.78, 5) is 16.3. The largest absolute Gasteiger partial charge is 0.322 e. The van der Waals surface area contributed by atoms with E-state index in [9.17, 15) is 4.79 Å². The van der Waals surface area contributed by atoms with Crippen LogP contribution in [0.15, 0.2) is 42.7 Å². The van der Waals surface area contributed by atoms with Gasteiger partial charge in [0, 0.05) is 23.6 Å². The van der Waals surface area contributed by atoms with E-state index in [2.05, 4.69) is 29.1 Å². The van der Waals surface area contributed by atoms with Crippen LogP contribution < -0.4 is 11.1 Å². The van der Waals surface area contributed by atoms with E-state index in [1.807, 2.05) is 24.3 Å². The van der Waals surface area contributed by atoms with Crippen LogP contribution in [0.2, 0.25) is 0 Å². The SMILES string of the molecule is CCc1ccccc1NC(=O)c1cncc(C#CCN)c1. The third-order valence-corrected chi connectivity index (χ3v) is 2.98. The van der Waals surface area contributed by atoms with Gasteiger partial charge in [0.25, 0.3) is 5.91 Å². The van der Waals surface area contributed by atoms with Crippen molar-refractivity contribution >= 4 is 11.6 Å². The first-order chi connectivity index (χ1) is 10.2. The molecule has 1 aromatic heterocycles. The normalized spacial score (nSPS) is 9.62. The van der Waals surface area contributed by atoms with Gasteiger partial charge in [-0.2, -0.15) is 0 Å². The summed E-state index contributed by atoms with van der Waals surface area (Å²) < 4.78 is 0. The van der Waals surface area contributed by atoms with Crippen LogP contribution in [0.25, 0.3) is 0 Å². The van der Waals surface area contributed by atoms with E-state index < -0.39 is 0 Å². The number of aryl methyl sites for hydroxylation is 1. The summed E-state index contributed by atoms with van der Waals surface area (Å²) in [6, 6.07) is 9.45. The Morgan fingerprint density at radius 3 is 2.90 bits per heavy atom. The number of hydrogen-bond donors (Lipinski definition) is 2. The lowest BCUT2D eigenvalue weighted by Gasteiger charge is -2.09. The van der Waals surface area contributed by atoms with E-state index in [-0.39, 0.29) is 12.5 Å². The molecule has 2 rings (SSSR count). The Balaban J connectivity index is 2.20. The van der Waals surface area contributed by atoms with Crippen molar-refractivity contribution < 1.29 is 4.79 Å². The molecule has 4 heteroatoms. The summed E-state index contributed by atoms with van der Waals surface area (Å²) in [5.74, 6) is 5.42. The van der Waals surface area contributed by atoms with Crippen LogP contribution in [-0.4, -0.2) is 17.4 Å². The molecule has 0 aliphatic carbocycles. The van der Waals surface area contributed by atoms with Crippen LogP contribution >= 0.6 is 0 Å². The van der Waals surface area contributed by atoms with Gasteiger partial charge in [-0.05, 0) is 24.1 Å². The zero-order valence-electron chi connectivity index (χ0n) is 11.9. The Labute approximate surface area is 124 Å². The minimum absolute atomic E-state index is 0.195. The van der Waals surface area contributed by atoms with Gasteiger partial charge in [0.1, 0.15) is 0 Å². The number of anilines is 1. The fraction of sp³-hybridized carbons (Fsp3) is 0.176. The highest BCUT2D eigenvalue weighted by molar-refractivity contribution is 6.04. The van der Waals surface area contributed by atoms with Gasteiger partial charge in [-0.25, -0.2) is 0 Å². The molecule has 21 heavy (non-hydrogen) atoms. The highest BCUT2D eigenvalue weighted by Gasteiger charge is 2.09. The lowest BCUT2D eigenvalue weighted by molar-refractivity contribution is 0.102. The summed E-state index contributed by atoms with van der Waals surface area (Å²) in [6.45, 7) is 2.33. The molecule has 0 atom stereocenters. The Bertz CT molecular complexity index is 698. The van der Waals surface area contributed by atoms with Crippen molar-refractivity contribution in [2.24, 2.45) is 5.73 Å². The number of nitrogens with two attached hydrogens (primary N) is 1. The number of carbonyl (C=O) groups excluding carboxylic acids is 1. The summed E-state index contributed by atoms with van der Waals surface area (Å²) >= 11 is 0. The minimum Gasteiger partial charge on any atom is -0.322 e. The van der Waals surface area contributed by atoms with E-state index in [1.54, 1.807) is 12.3 Å². The molecular formula is C17H17N3O. The summed E-state index contributed by atoms with van der Waals surface area (Å²) in [6.07, 6.45) is 3.99. The standard InChI is InChI=1S/C17H17N3O/c1-2-14-7-3-4-8-16(14)20-17(21)15-10-13(6-5-9-18)11-19-12-15/h3-4,7-8,10-12H,2,9,18H2,1H3,(H,20,21). The molecule has 0 spiro atoms. The number of amides is 1. The quantitative estimate of drug-likeness (QED) is 0.846. The molecule has 1 heterocycles. The van der Waals surface area contributed by atoms with Gasteiger partial charge in [-0.1, -0.05) is 37.0 Å². The second kappa shape index (κ2) is 7.22. The van der Waals surface area contributed by atoms with E-state index in [0.29, 0.717) is 11.1 Å². The third kappa shape index (κ3) is 3.91. The van der Waals surface area contributed by atoms with Gasteiger partial charge in [0.2, 0.25) is 0 Å². The van der Waals surface area contributed by atoms with Crippen LogP contribution in [0.3, 0.4) is 0 Å². The van der Waals surface area contributed by atoms with Gasteiger partial charge >= 0.3 is 0 Å². The Kier molecular flexibility index (Phi) is 5.08. The maximum Gasteiger partial charge on any atom is 0.257 e. The van der Waals surface area contributed by atoms with E-state index in [1.165, 1.54) is 6.20 Å². The fourth-order valence-corrected chi connectivity index (χ4v) is 1.93. The number of hydrogen-bond acceptors (Lipinski definition) is 3. The number of pyridine rings is 1. The number of para-hydroxylation sites is 1. The average molecular weight is 279 g/mol. The molecule has 0 aliphatic rings. The topological polar surface area (TPSA) is 68.0 Å². The lowest BCUT2D eigenvalue weighted by atomic mass is 10.1. The van der Waals surface area contributed by atoms with Crippen molar-refractivity contribution in [2.45, 2.75) is 13.3 Å². The third-order valence-electron chi connectivity index (χ3n) is 2.98. The first-order valence-corrected chi connectivity index (χ1v) is 6.78. The van der Waals surface area contributed by atoms with Crippen LogP contribution in [0.4, 0.5) is 5.69 Å². The zero-order valence-corrected chi connectivity index (χ0v) is 11.9. The van der Waals surface area contributed by atoms with E-state index >= 15 is 0 Å². The highest BCUT2D eigenvalue weighted by atomic mass is 16.1. The molecule has 0 saturated carbocycles. The molecule has 106 valence electrons. The predicted octanol–water partition coefficient (Wildman–Crippen LogP) is 2.21. The van der Waals surface area contributed by atoms with Crippen molar-refractivity contribution in [1.82, 2.24) is 4.98 Å². The van der Waals surface area contributed by atoms with Gasteiger partial charge in [0.05, 0.1) is 12.1 Å².